The van der Waals surface area contributed by atoms with Gasteiger partial charge in [0.2, 0.25) is 5.82 Å². The number of benzene rings is 1. The number of furan rings is 1. The van der Waals surface area contributed by atoms with Gasteiger partial charge in [0.25, 0.3) is 5.91 Å². The van der Waals surface area contributed by atoms with Crippen molar-refractivity contribution in [1.29, 1.82) is 0 Å². The van der Waals surface area contributed by atoms with Gasteiger partial charge in [0.05, 0.1) is 18.1 Å². The third-order valence-electron chi connectivity index (χ3n) is 4.31. The summed E-state index contributed by atoms with van der Waals surface area (Å²) in [6, 6.07) is 11.4. The molecule has 1 fully saturated rings. The maximum atomic E-state index is 12.5. The van der Waals surface area contributed by atoms with Gasteiger partial charge < -0.3 is 14.5 Å². The summed E-state index contributed by atoms with van der Waals surface area (Å²) in [6.07, 6.45) is 3.64. The molecule has 0 radical (unpaired) electrons. The average molecular weight is 352 g/mol. The lowest BCUT2D eigenvalue weighted by molar-refractivity contribution is 0.0849. The third-order valence-corrected chi connectivity index (χ3v) is 4.31. The van der Waals surface area contributed by atoms with Crippen LogP contribution in [0, 0.1) is 6.92 Å². The van der Waals surface area contributed by atoms with Gasteiger partial charge in [-0.25, -0.2) is 4.68 Å². The Morgan fingerprint density at radius 3 is 3.00 bits per heavy atom. The summed E-state index contributed by atoms with van der Waals surface area (Å²) in [5.74, 6) is 0.829. The molecule has 7 nitrogen and oxygen atoms in total. The predicted octanol–water partition coefficient (Wildman–Crippen LogP) is 2.74. The van der Waals surface area contributed by atoms with Crippen molar-refractivity contribution < 1.29 is 13.9 Å². The number of carbonyl (C=O) groups excluding carboxylic acids is 1. The molecule has 0 spiro atoms. The minimum Gasteiger partial charge on any atom is -0.461 e. The van der Waals surface area contributed by atoms with Gasteiger partial charge >= 0.3 is 0 Å². The van der Waals surface area contributed by atoms with Crippen molar-refractivity contribution in [3.8, 4) is 17.3 Å². The first-order valence-corrected chi connectivity index (χ1v) is 8.68. The largest absolute Gasteiger partial charge is 0.461 e. The van der Waals surface area contributed by atoms with Crippen LogP contribution in [0.4, 0.5) is 0 Å². The first-order valence-electron chi connectivity index (χ1n) is 8.68. The molecule has 1 atom stereocenters. The van der Waals surface area contributed by atoms with E-state index in [1.54, 1.807) is 23.1 Å². The molecule has 1 saturated heterocycles. The number of aryl methyl sites for hydroxylation is 1. The molecule has 7 heteroatoms. The van der Waals surface area contributed by atoms with Crippen LogP contribution in [0.3, 0.4) is 0 Å². The Kier molecular flexibility index (Phi) is 4.53. The van der Waals surface area contributed by atoms with Crippen molar-refractivity contribution in [3.05, 3.63) is 54.0 Å². The number of hydrogen-bond acceptors (Lipinski definition) is 5. The number of nitrogens with zero attached hydrogens (tertiary/aromatic N) is 3. The predicted molar refractivity (Wildman–Crippen MR) is 95.1 cm³/mol. The van der Waals surface area contributed by atoms with Gasteiger partial charge in [0, 0.05) is 13.2 Å². The fourth-order valence-corrected chi connectivity index (χ4v) is 3.00. The first kappa shape index (κ1) is 16.5. The molecular formula is C19H20N4O3. The van der Waals surface area contributed by atoms with Crippen molar-refractivity contribution in [3.63, 3.8) is 0 Å². The molecule has 26 heavy (non-hydrogen) atoms. The van der Waals surface area contributed by atoms with Crippen LogP contribution in [0.1, 0.15) is 29.0 Å². The van der Waals surface area contributed by atoms with Crippen LogP contribution in [-0.2, 0) is 4.74 Å². The molecule has 1 aromatic carbocycles. The number of carbonyl (C=O) groups is 1. The summed E-state index contributed by atoms with van der Waals surface area (Å²) >= 11 is 0. The second kappa shape index (κ2) is 7.13. The quantitative estimate of drug-likeness (QED) is 0.763. The van der Waals surface area contributed by atoms with Gasteiger partial charge in [-0.1, -0.05) is 12.1 Å². The van der Waals surface area contributed by atoms with Crippen LogP contribution >= 0.6 is 0 Å². The molecule has 0 saturated carbocycles. The Bertz CT molecular complexity index is 895. The van der Waals surface area contributed by atoms with Crippen LogP contribution in [-0.4, -0.2) is 39.9 Å². The second-order valence-electron chi connectivity index (χ2n) is 6.33. The fourth-order valence-electron chi connectivity index (χ4n) is 3.00. The summed E-state index contributed by atoms with van der Waals surface area (Å²) in [7, 11) is 0. The Morgan fingerprint density at radius 2 is 2.27 bits per heavy atom. The van der Waals surface area contributed by atoms with E-state index in [4.69, 9.17) is 9.15 Å². The van der Waals surface area contributed by atoms with Crippen LogP contribution in [0.5, 0.6) is 0 Å². The molecule has 1 N–H and O–H groups in total. The van der Waals surface area contributed by atoms with E-state index >= 15 is 0 Å². The number of nitrogens with one attached hydrogen (secondary N) is 1. The molecule has 3 heterocycles. The van der Waals surface area contributed by atoms with Gasteiger partial charge in [-0.15, -0.1) is 5.10 Å². The number of aromatic nitrogens is 3. The van der Waals surface area contributed by atoms with Gasteiger partial charge in [-0.3, -0.25) is 4.79 Å². The summed E-state index contributed by atoms with van der Waals surface area (Å²) in [6.45, 7) is 3.22. The van der Waals surface area contributed by atoms with E-state index in [2.05, 4.69) is 15.4 Å². The topological polar surface area (TPSA) is 82.2 Å². The zero-order valence-electron chi connectivity index (χ0n) is 14.5. The number of rotatable bonds is 5. The Balaban J connectivity index is 1.63. The molecule has 134 valence electrons. The molecule has 1 aliphatic heterocycles. The summed E-state index contributed by atoms with van der Waals surface area (Å²) < 4.78 is 12.6. The zero-order chi connectivity index (χ0) is 17.9. The van der Waals surface area contributed by atoms with Crippen LogP contribution in [0.25, 0.3) is 17.3 Å². The third kappa shape index (κ3) is 3.39. The molecule has 2 aromatic heterocycles. The summed E-state index contributed by atoms with van der Waals surface area (Å²) in [5, 5.41) is 7.27. The van der Waals surface area contributed by atoms with Crippen LogP contribution < -0.4 is 5.32 Å². The highest BCUT2D eigenvalue weighted by atomic mass is 16.5. The Hall–Kier alpha value is -2.93. The highest BCUT2D eigenvalue weighted by molar-refractivity contribution is 5.90. The highest BCUT2D eigenvalue weighted by Gasteiger charge is 2.22. The van der Waals surface area contributed by atoms with Crippen molar-refractivity contribution in [2.75, 3.05) is 13.2 Å². The summed E-state index contributed by atoms with van der Waals surface area (Å²) in [4.78, 5) is 16.9. The Morgan fingerprint density at radius 1 is 1.35 bits per heavy atom. The van der Waals surface area contributed by atoms with Gasteiger partial charge in [-0.05, 0) is 49.6 Å². The van der Waals surface area contributed by atoms with E-state index in [9.17, 15) is 4.79 Å². The van der Waals surface area contributed by atoms with Crippen LogP contribution in [0.2, 0.25) is 0 Å². The average Bonchev–Trinajstić information content (AvgIpc) is 3.40. The molecule has 4 rings (SSSR count). The van der Waals surface area contributed by atoms with Gasteiger partial charge in [0.1, 0.15) is 0 Å². The Labute approximate surface area is 151 Å². The monoisotopic (exact) mass is 352 g/mol. The lowest BCUT2D eigenvalue weighted by atomic mass is 10.2. The van der Waals surface area contributed by atoms with Crippen molar-refractivity contribution in [2.45, 2.75) is 25.9 Å². The van der Waals surface area contributed by atoms with E-state index in [1.165, 1.54) is 0 Å². The van der Waals surface area contributed by atoms with Gasteiger partial charge in [0.15, 0.2) is 11.6 Å². The maximum absolute atomic E-state index is 12.5. The smallest absolute Gasteiger partial charge is 0.291 e. The van der Waals surface area contributed by atoms with E-state index in [1.807, 2.05) is 31.2 Å². The SMILES string of the molecule is Cc1cccc(-n2nc(C(=O)NCC3CCCO3)nc2-c2ccco2)c1. The van der Waals surface area contributed by atoms with E-state index in [0.717, 1.165) is 30.7 Å². The molecular weight excluding hydrogens is 332 g/mol. The molecule has 3 aromatic rings. The highest BCUT2D eigenvalue weighted by Crippen LogP contribution is 2.22. The second-order valence-corrected chi connectivity index (χ2v) is 6.33. The van der Waals surface area contributed by atoms with Crippen molar-refractivity contribution in [2.24, 2.45) is 0 Å². The fraction of sp³-hybridized carbons (Fsp3) is 0.316. The zero-order valence-corrected chi connectivity index (χ0v) is 14.5. The maximum Gasteiger partial charge on any atom is 0.291 e. The minimum atomic E-state index is -0.320. The lowest BCUT2D eigenvalue weighted by Crippen LogP contribution is -2.32. The molecule has 1 aliphatic rings. The number of hydrogen-bond donors (Lipinski definition) is 1. The van der Waals surface area contributed by atoms with Crippen molar-refractivity contribution in [1.82, 2.24) is 20.1 Å². The minimum absolute atomic E-state index is 0.0716. The van der Waals surface area contributed by atoms with Crippen LogP contribution in [0.15, 0.2) is 47.1 Å². The van der Waals surface area contributed by atoms with E-state index in [0.29, 0.717) is 18.1 Å². The van der Waals surface area contributed by atoms with Crippen molar-refractivity contribution >= 4 is 5.91 Å². The standard InChI is InChI=1S/C19H20N4O3/c1-13-5-2-6-14(11-13)23-18(16-8-4-10-26-16)21-17(22-23)19(24)20-12-15-7-3-9-25-15/h2,4-6,8,10-11,15H,3,7,9,12H2,1H3,(H,20,24). The number of ether oxygens (including phenoxy) is 1. The lowest BCUT2D eigenvalue weighted by Gasteiger charge is -2.09. The van der Waals surface area contributed by atoms with E-state index < -0.39 is 0 Å². The molecule has 1 amide bonds. The number of amides is 1. The van der Waals surface area contributed by atoms with Gasteiger partial charge in [-0.2, -0.15) is 4.98 Å². The van der Waals surface area contributed by atoms with E-state index in [-0.39, 0.29) is 17.8 Å². The first-order chi connectivity index (χ1) is 12.7. The molecule has 1 unspecified atom stereocenters. The summed E-state index contributed by atoms with van der Waals surface area (Å²) in [5.41, 5.74) is 1.91. The molecule has 0 bridgehead atoms. The molecule has 0 aliphatic carbocycles. The normalized spacial score (nSPS) is 16.7.